The summed E-state index contributed by atoms with van der Waals surface area (Å²) in [6, 6.07) is 6.59. The van der Waals surface area contributed by atoms with E-state index in [2.05, 4.69) is 32.9 Å². The second-order valence-electron chi connectivity index (χ2n) is 5.08. The third-order valence-corrected chi connectivity index (χ3v) is 4.31. The summed E-state index contributed by atoms with van der Waals surface area (Å²) in [6.45, 7) is 6.26. The van der Waals surface area contributed by atoms with E-state index in [-0.39, 0.29) is 5.82 Å². The molecule has 0 saturated carbocycles. The van der Waals surface area contributed by atoms with Crippen LogP contribution in [0.4, 0.5) is 4.39 Å². The van der Waals surface area contributed by atoms with Crippen molar-refractivity contribution in [2.24, 2.45) is 4.99 Å². The van der Waals surface area contributed by atoms with Crippen molar-refractivity contribution in [2.45, 2.75) is 33.2 Å². The molecule has 1 aromatic heterocycles. The van der Waals surface area contributed by atoms with Crippen molar-refractivity contribution in [1.82, 2.24) is 15.6 Å². The van der Waals surface area contributed by atoms with Gasteiger partial charge in [0, 0.05) is 18.5 Å². The number of hydrogen-bond donors (Lipinski definition) is 2. The summed E-state index contributed by atoms with van der Waals surface area (Å²) < 4.78 is 12.9. The Labute approximate surface area is 140 Å². The molecule has 23 heavy (non-hydrogen) atoms. The van der Waals surface area contributed by atoms with E-state index >= 15 is 0 Å². The summed E-state index contributed by atoms with van der Waals surface area (Å²) in [7, 11) is 0. The standard InChI is InChI=1S/C17H23FN4S/c1-3-16-22-15(12-23-16)11-21-17(19-4-2)20-10-9-13-5-7-14(18)8-6-13/h5-8,12H,3-4,9-11H2,1-2H3,(H2,19,20,21). The highest BCUT2D eigenvalue weighted by Crippen LogP contribution is 2.10. The lowest BCUT2D eigenvalue weighted by Crippen LogP contribution is -2.38. The van der Waals surface area contributed by atoms with E-state index in [0.717, 1.165) is 48.2 Å². The van der Waals surface area contributed by atoms with E-state index in [0.29, 0.717) is 6.54 Å². The number of rotatable bonds is 7. The van der Waals surface area contributed by atoms with Gasteiger partial charge in [0.25, 0.3) is 0 Å². The first-order valence-electron chi connectivity index (χ1n) is 7.91. The third kappa shape index (κ3) is 5.98. The minimum Gasteiger partial charge on any atom is -0.357 e. The Morgan fingerprint density at radius 1 is 1.22 bits per heavy atom. The van der Waals surface area contributed by atoms with Crippen LogP contribution in [0.3, 0.4) is 0 Å². The Balaban J connectivity index is 1.84. The second kappa shape index (κ2) is 9.25. The predicted octanol–water partition coefficient (Wildman–Crippen LogP) is 3.14. The zero-order chi connectivity index (χ0) is 16.5. The predicted molar refractivity (Wildman–Crippen MR) is 94.4 cm³/mol. The average Bonchev–Trinajstić information content (AvgIpc) is 3.02. The molecule has 1 heterocycles. The second-order valence-corrected chi connectivity index (χ2v) is 6.03. The smallest absolute Gasteiger partial charge is 0.191 e. The molecule has 2 N–H and O–H groups in total. The maximum absolute atomic E-state index is 12.9. The van der Waals surface area contributed by atoms with Gasteiger partial charge in [-0.25, -0.2) is 14.4 Å². The largest absolute Gasteiger partial charge is 0.357 e. The van der Waals surface area contributed by atoms with Crippen LogP contribution < -0.4 is 10.6 Å². The molecule has 2 rings (SSSR count). The maximum Gasteiger partial charge on any atom is 0.191 e. The number of aliphatic imine (C=N–C) groups is 1. The van der Waals surface area contributed by atoms with Gasteiger partial charge in [0.2, 0.25) is 0 Å². The molecular weight excluding hydrogens is 311 g/mol. The van der Waals surface area contributed by atoms with Crippen LogP contribution in [0.2, 0.25) is 0 Å². The third-order valence-electron chi connectivity index (χ3n) is 3.26. The zero-order valence-electron chi connectivity index (χ0n) is 13.6. The lowest BCUT2D eigenvalue weighted by molar-refractivity contribution is 0.626. The van der Waals surface area contributed by atoms with Crippen LogP contribution in [0.25, 0.3) is 0 Å². The number of benzene rings is 1. The van der Waals surface area contributed by atoms with Gasteiger partial charge in [-0.1, -0.05) is 19.1 Å². The normalized spacial score (nSPS) is 11.5. The van der Waals surface area contributed by atoms with E-state index in [1.54, 1.807) is 11.3 Å². The van der Waals surface area contributed by atoms with Gasteiger partial charge in [-0.15, -0.1) is 11.3 Å². The van der Waals surface area contributed by atoms with Gasteiger partial charge in [0.15, 0.2) is 5.96 Å². The first-order chi connectivity index (χ1) is 11.2. The summed E-state index contributed by atoms with van der Waals surface area (Å²) in [5.74, 6) is 0.576. The summed E-state index contributed by atoms with van der Waals surface area (Å²) in [5, 5.41) is 9.72. The first kappa shape index (κ1) is 17.4. The Morgan fingerprint density at radius 3 is 2.65 bits per heavy atom. The van der Waals surface area contributed by atoms with Crippen LogP contribution in [0.15, 0.2) is 34.6 Å². The molecule has 0 radical (unpaired) electrons. The molecule has 2 aromatic rings. The minimum absolute atomic E-state index is 0.202. The van der Waals surface area contributed by atoms with E-state index in [4.69, 9.17) is 0 Å². The van der Waals surface area contributed by atoms with Crippen LogP contribution in [-0.4, -0.2) is 24.0 Å². The zero-order valence-corrected chi connectivity index (χ0v) is 14.4. The molecule has 0 aliphatic heterocycles. The minimum atomic E-state index is -0.202. The molecule has 124 valence electrons. The SMILES string of the molecule is CCNC(=NCc1csc(CC)n1)NCCc1ccc(F)cc1. The van der Waals surface area contributed by atoms with E-state index < -0.39 is 0 Å². The molecule has 0 atom stereocenters. The number of aromatic nitrogens is 1. The average molecular weight is 334 g/mol. The van der Waals surface area contributed by atoms with Crippen molar-refractivity contribution >= 4 is 17.3 Å². The van der Waals surface area contributed by atoms with E-state index in [1.165, 1.54) is 12.1 Å². The number of thiazole rings is 1. The maximum atomic E-state index is 12.9. The molecule has 0 aliphatic carbocycles. The molecular formula is C17H23FN4S. The Bertz CT molecular complexity index is 622. The fourth-order valence-electron chi connectivity index (χ4n) is 2.06. The van der Waals surface area contributed by atoms with Crippen molar-refractivity contribution in [3.63, 3.8) is 0 Å². The highest BCUT2D eigenvalue weighted by molar-refractivity contribution is 7.09. The van der Waals surface area contributed by atoms with Crippen molar-refractivity contribution in [2.75, 3.05) is 13.1 Å². The summed E-state index contributed by atoms with van der Waals surface area (Å²) in [5.41, 5.74) is 2.10. The number of hydrogen-bond acceptors (Lipinski definition) is 3. The lowest BCUT2D eigenvalue weighted by Gasteiger charge is -2.11. The monoisotopic (exact) mass is 334 g/mol. The molecule has 0 aliphatic rings. The van der Waals surface area contributed by atoms with Crippen molar-refractivity contribution in [3.05, 3.63) is 51.7 Å². The van der Waals surface area contributed by atoms with Crippen molar-refractivity contribution in [3.8, 4) is 0 Å². The lowest BCUT2D eigenvalue weighted by atomic mass is 10.1. The molecule has 6 heteroatoms. The number of aryl methyl sites for hydroxylation is 1. The molecule has 0 unspecified atom stereocenters. The highest BCUT2D eigenvalue weighted by atomic mass is 32.1. The van der Waals surface area contributed by atoms with Crippen LogP contribution in [0, 0.1) is 5.82 Å². The van der Waals surface area contributed by atoms with Gasteiger partial charge >= 0.3 is 0 Å². The highest BCUT2D eigenvalue weighted by Gasteiger charge is 2.02. The van der Waals surface area contributed by atoms with E-state index in [9.17, 15) is 4.39 Å². The Morgan fingerprint density at radius 2 is 2.00 bits per heavy atom. The molecule has 4 nitrogen and oxygen atoms in total. The molecule has 0 amide bonds. The molecule has 0 bridgehead atoms. The summed E-state index contributed by atoms with van der Waals surface area (Å²) in [4.78, 5) is 9.07. The van der Waals surface area contributed by atoms with Gasteiger partial charge in [0.05, 0.1) is 17.2 Å². The molecule has 0 saturated heterocycles. The van der Waals surface area contributed by atoms with Crippen LogP contribution in [0.1, 0.15) is 30.1 Å². The molecule has 0 fully saturated rings. The van der Waals surface area contributed by atoms with Gasteiger partial charge in [-0.3, -0.25) is 0 Å². The summed E-state index contributed by atoms with van der Waals surface area (Å²) >= 11 is 1.68. The van der Waals surface area contributed by atoms with E-state index in [1.807, 2.05) is 19.1 Å². The van der Waals surface area contributed by atoms with Gasteiger partial charge in [-0.05, 0) is 37.5 Å². The Kier molecular flexibility index (Phi) is 7.00. The fourth-order valence-corrected chi connectivity index (χ4v) is 2.80. The number of nitrogens with zero attached hydrogens (tertiary/aromatic N) is 2. The fraction of sp³-hybridized carbons (Fsp3) is 0.412. The summed E-state index contributed by atoms with van der Waals surface area (Å²) in [6.07, 6.45) is 1.78. The quantitative estimate of drug-likeness (QED) is 0.604. The van der Waals surface area contributed by atoms with Gasteiger partial charge in [0.1, 0.15) is 5.82 Å². The van der Waals surface area contributed by atoms with Gasteiger partial charge < -0.3 is 10.6 Å². The Hall–Kier alpha value is -1.95. The first-order valence-corrected chi connectivity index (χ1v) is 8.79. The van der Waals surface area contributed by atoms with Gasteiger partial charge in [-0.2, -0.15) is 0 Å². The molecule has 0 spiro atoms. The number of guanidine groups is 1. The number of nitrogens with one attached hydrogen (secondary N) is 2. The van der Waals surface area contributed by atoms with Crippen LogP contribution in [-0.2, 0) is 19.4 Å². The van der Waals surface area contributed by atoms with Crippen molar-refractivity contribution in [1.29, 1.82) is 0 Å². The molecule has 1 aromatic carbocycles. The van der Waals surface area contributed by atoms with Crippen LogP contribution in [0.5, 0.6) is 0 Å². The van der Waals surface area contributed by atoms with Crippen molar-refractivity contribution < 1.29 is 4.39 Å². The van der Waals surface area contributed by atoms with Crippen LogP contribution >= 0.6 is 11.3 Å². The topological polar surface area (TPSA) is 49.3 Å². The number of halogens is 1.